The summed E-state index contributed by atoms with van der Waals surface area (Å²) in [6, 6.07) is 4.78. The molecular weight excluding hydrogens is 404 g/mol. The van der Waals surface area contributed by atoms with Gasteiger partial charge in [0.25, 0.3) is 0 Å². The topological polar surface area (TPSA) is 65.0 Å². The average molecular weight is 437 g/mol. The summed E-state index contributed by atoms with van der Waals surface area (Å²) in [6.07, 6.45) is 0. The van der Waals surface area contributed by atoms with Crippen LogP contribution < -0.4 is 15.5 Å². The summed E-state index contributed by atoms with van der Waals surface area (Å²) in [5, 5.41) is 10.0. The first kappa shape index (κ1) is 22.0. The molecule has 160 valence electrons. The minimum atomic E-state index is 0.320. The van der Waals surface area contributed by atoms with E-state index >= 15 is 0 Å². The van der Waals surface area contributed by atoms with Crippen molar-refractivity contribution >= 4 is 33.8 Å². The number of morpholine rings is 1. The van der Waals surface area contributed by atoms with Crippen LogP contribution in [0.3, 0.4) is 0 Å². The molecule has 9 heteroatoms. The van der Waals surface area contributed by atoms with Crippen molar-refractivity contribution in [1.29, 1.82) is 0 Å². The van der Waals surface area contributed by atoms with Crippen molar-refractivity contribution < 1.29 is 4.74 Å². The van der Waals surface area contributed by atoms with Crippen LogP contribution in [0.2, 0.25) is 0 Å². The van der Waals surface area contributed by atoms with Gasteiger partial charge in [0.2, 0.25) is 0 Å². The zero-order valence-electron chi connectivity index (χ0n) is 17.8. The average Bonchev–Trinajstić information content (AvgIpc) is 3.36. The van der Waals surface area contributed by atoms with Crippen LogP contribution in [-0.4, -0.2) is 69.3 Å². The van der Waals surface area contributed by atoms with Crippen molar-refractivity contribution in [2.45, 2.75) is 26.4 Å². The number of thiophene rings is 1. The summed E-state index contributed by atoms with van der Waals surface area (Å²) in [5.41, 5.74) is 0.995. The summed E-state index contributed by atoms with van der Waals surface area (Å²) >= 11 is 3.52. The second kappa shape index (κ2) is 10.9. The second-order valence-corrected chi connectivity index (χ2v) is 9.36. The van der Waals surface area contributed by atoms with Crippen LogP contribution in [0, 0.1) is 6.92 Å². The van der Waals surface area contributed by atoms with Crippen molar-refractivity contribution in [2.75, 3.05) is 58.4 Å². The largest absolute Gasteiger partial charge is 0.379 e. The lowest BCUT2D eigenvalue weighted by atomic mass is 10.2. The molecule has 1 aliphatic heterocycles. The number of aliphatic imine (C=N–C) groups is 1. The van der Waals surface area contributed by atoms with Gasteiger partial charge < -0.3 is 20.3 Å². The van der Waals surface area contributed by atoms with Gasteiger partial charge in [0.1, 0.15) is 0 Å². The van der Waals surface area contributed by atoms with Gasteiger partial charge in [-0.2, -0.15) is 0 Å². The van der Waals surface area contributed by atoms with E-state index < -0.39 is 0 Å². The molecule has 1 atom stereocenters. The lowest BCUT2D eigenvalue weighted by Crippen LogP contribution is -2.46. The highest BCUT2D eigenvalue weighted by atomic mass is 32.1. The Kier molecular flexibility index (Phi) is 8.29. The molecule has 3 rings (SSSR count). The number of hydrogen-bond donors (Lipinski definition) is 2. The standard InChI is InChI=1S/C20H32N6OS2/c1-5-21-19(22-12-16-14-28-20(24-16)25(3)4)23-13-17(18-7-6-15(2)29-18)26-8-10-27-11-9-26/h6-7,14,17H,5,8-13H2,1-4H3,(H2,21,22,23). The molecule has 0 aliphatic carbocycles. The molecule has 1 saturated heterocycles. The van der Waals surface area contributed by atoms with E-state index in [0.717, 1.165) is 56.2 Å². The zero-order chi connectivity index (χ0) is 20.6. The van der Waals surface area contributed by atoms with E-state index in [1.165, 1.54) is 9.75 Å². The number of guanidine groups is 1. The number of ether oxygens (including phenoxy) is 1. The molecule has 1 fully saturated rings. The van der Waals surface area contributed by atoms with Gasteiger partial charge in [-0.1, -0.05) is 0 Å². The maximum Gasteiger partial charge on any atom is 0.191 e. The van der Waals surface area contributed by atoms with E-state index in [1.807, 2.05) is 30.3 Å². The SMILES string of the molecule is CCNC(=NCc1csc(N(C)C)n1)NCC(c1ccc(C)s1)N1CCOCC1. The lowest BCUT2D eigenvalue weighted by Gasteiger charge is -2.34. The molecule has 0 aromatic carbocycles. The van der Waals surface area contributed by atoms with E-state index in [4.69, 9.17) is 9.73 Å². The van der Waals surface area contributed by atoms with Crippen molar-refractivity contribution in [2.24, 2.45) is 4.99 Å². The molecule has 7 nitrogen and oxygen atoms in total. The normalized spacial score (nSPS) is 16.6. The first-order valence-electron chi connectivity index (χ1n) is 10.1. The molecule has 1 unspecified atom stereocenters. The van der Waals surface area contributed by atoms with E-state index in [9.17, 15) is 0 Å². The molecule has 3 heterocycles. The van der Waals surface area contributed by atoms with Crippen molar-refractivity contribution in [3.8, 4) is 0 Å². The Labute approximate surface area is 181 Å². The van der Waals surface area contributed by atoms with Crippen LogP contribution in [-0.2, 0) is 11.3 Å². The summed E-state index contributed by atoms with van der Waals surface area (Å²) < 4.78 is 5.56. The highest BCUT2D eigenvalue weighted by Gasteiger charge is 2.24. The third-order valence-electron chi connectivity index (χ3n) is 4.70. The third-order valence-corrected chi connectivity index (χ3v) is 6.86. The smallest absolute Gasteiger partial charge is 0.191 e. The van der Waals surface area contributed by atoms with Crippen molar-refractivity contribution in [3.05, 3.63) is 33.0 Å². The van der Waals surface area contributed by atoms with Crippen LogP contribution in [0.4, 0.5) is 5.13 Å². The molecule has 0 amide bonds. The third kappa shape index (κ3) is 6.40. The van der Waals surface area contributed by atoms with Gasteiger partial charge in [-0.25, -0.2) is 9.98 Å². The zero-order valence-corrected chi connectivity index (χ0v) is 19.4. The van der Waals surface area contributed by atoms with Crippen LogP contribution in [0.5, 0.6) is 0 Å². The van der Waals surface area contributed by atoms with Crippen LogP contribution >= 0.6 is 22.7 Å². The first-order chi connectivity index (χ1) is 14.1. The molecule has 29 heavy (non-hydrogen) atoms. The van der Waals surface area contributed by atoms with Gasteiger partial charge >= 0.3 is 0 Å². The Hall–Kier alpha value is -1.68. The Bertz CT molecular complexity index is 782. The molecule has 2 aromatic heterocycles. The minimum absolute atomic E-state index is 0.320. The van der Waals surface area contributed by atoms with Gasteiger partial charge in [-0.05, 0) is 26.0 Å². The first-order valence-corrected chi connectivity index (χ1v) is 11.8. The van der Waals surface area contributed by atoms with E-state index in [0.29, 0.717) is 12.6 Å². The molecule has 2 aromatic rings. The van der Waals surface area contributed by atoms with E-state index in [-0.39, 0.29) is 0 Å². The lowest BCUT2D eigenvalue weighted by molar-refractivity contribution is 0.0177. The van der Waals surface area contributed by atoms with Gasteiger partial charge in [-0.3, -0.25) is 4.90 Å². The molecule has 0 saturated carbocycles. The monoisotopic (exact) mass is 436 g/mol. The molecule has 0 spiro atoms. The highest BCUT2D eigenvalue weighted by Crippen LogP contribution is 2.28. The predicted octanol–water partition coefficient (Wildman–Crippen LogP) is 2.71. The van der Waals surface area contributed by atoms with Crippen molar-refractivity contribution in [1.82, 2.24) is 20.5 Å². The van der Waals surface area contributed by atoms with Crippen LogP contribution in [0.15, 0.2) is 22.5 Å². The van der Waals surface area contributed by atoms with Gasteiger partial charge in [0, 0.05) is 55.4 Å². The summed E-state index contributed by atoms with van der Waals surface area (Å²) in [7, 11) is 4.02. The molecule has 1 aliphatic rings. The predicted molar refractivity (Wildman–Crippen MR) is 123 cm³/mol. The van der Waals surface area contributed by atoms with Gasteiger partial charge in [-0.15, -0.1) is 22.7 Å². The number of thiazole rings is 1. The van der Waals surface area contributed by atoms with Gasteiger partial charge in [0.15, 0.2) is 11.1 Å². The minimum Gasteiger partial charge on any atom is -0.379 e. The number of nitrogens with one attached hydrogen (secondary N) is 2. The Morgan fingerprint density at radius 2 is 2.10 bits per heavy atom. The number of rotatable bonds is 8. The second-order valence-electron chi connectivity index (χ2n) is 7.20. The van der Waals surface area contributed by atoms with Crippen LogP contribution in [0.25, 0.3) is 0 Å². The molecule has 0 radical (unpaired) electrons. The molecule has 0 bridgehead atoms. The molecule has 2 N–H and O–H groups in total. The Morgan fingerprint density at radius 1 is 1.31 bits per heavy atom. The number of nitrogens with zero attached hydrogens (tertiary/aromatic N) is 4. The van der Waals surface area contributed by atoms with Crippen LogP contribution in [0.1, 0.15) is 28.4 Å². The summed E-state index contributed by atoms with van der Waals surface area (Å²) in [6.45, 7) is 9.98. The summed E-state index contributed by atoms with van der Waals surface area (Å²) in [4.78, 5) is 16.6. The van der Waals surface area contributed by atoms with Gasteiger partial charge in [0.05, 0.1) is 31.5 Å². The van der Waals surface area contributed by atoms with E-state index in [1.54, 1.807) is 11.3 Å². The molecular formula is C20H32N6OS2. The Morgan fingerprint density at radius 3 is 2.72 bits per heavy atom. The number of aryl methyl sites for hydroxylation is 1. The van der Waals surface area contributed by atoms with Crippen molar-refractivity contribution in [3.63, 3.8) is 0 Å². The Balaban J connectivity index is 1.66. The highest BCUT2D eigenvalue weighted by molar-refractivity contribution is 7.13. The maximum absolute atomic E-state index is 5.56. The number of anilines is 1. The number of hydrogen-bond acceptors (Lipinski definition) is 7. The quantitative estimate of drug-likeness (QED) is 0.490. The fourth-order valence-electron chi connectivity index (χ4n) is 3.20. The maximum atomic E-state index is 5.56. The fourth-order valence-corrected chi connectivity index (χ4v) is 4.96. The number of aromatic nitrogens is 1. The van der Waals surface area contributed by atoms with E-state index in [2.05, 4.69) is 51.9 Å². The summed E-state index contributed by atoms with van der Waals surface area (Å²) in [5.74, 6) is 0.832. The fraction of sp³-hybridized carbons (Fsp3) is 0.600.